The van der Waals surface area contributed by atoms with Gasteiger partial charge in [0.15, 0.2) is 0 Å². The largest absolute Gasteiger partial charge is 0.456 e. The van der Waals surface area contributed by atoms with E-state index in [-0.39, 0.29) is 6.04 Å². The Balaban J connectivity index is 2.39. The first-order valence-corrected chi connectivity index (χ1v) is 6.01. The Morgan fingerprint density at radius 1 is 1.05 bits per heavy atom. The van der Waals surface area contributed by atoms with Crippen LogP contribution in [-0.4, -0.2) is 5.91 Å². The SMILES string of the molecule is C[C@@H](N)c1ccccc1Oc1ccccc1C(N)=O. The highest BCUT2D eigenvalue weighted by atomic mass is 16.5. The van der Waals surface area contributed by atoms with Gasteiger partial charge < -0.3 is 16.2 Å². The molecular formula is C15H16N2O2. The first-order chi connectivity index (χ1) is 9.09. The molecule has 0 fully saturated rings. The molecule has 0 bridgehead atoms. The van der Waals surface area contributed by atoms with Gasteiger partial charge in [0.25, 0.3) is 5.91 Å². The lowest BCUT2D eigenvalue weighted by atomic mass is 10.1. The fourth-order valence-electron chi connectivity index (χ4n) is 1.83. The van der Waals surface area contributed by atoms with E-state index < -0.39 is 5.91 Å². The van der Waals surface area contributed by atoms with E-state index in [1.165, 1.54) is 0 Å². The van der Waals surface area contributed by atoms with Crippen LogP contribution in [-0.2, 0) is 0 Å². The summed E-state index contributed by atoms with van der Waals surface area (Å²) in [5.41, 5.74) is 12.4. The summed E-state index contributed by atoms with van der Waals surface area (Å²) in [6, 6.07) is 14.2. The number of para-hydroxylation sites is 2. The van der Waals surface area contributed by atoms with Gasteiger partial charge >= 0.3 is 0 Å². The van der Waals surface area contributed by atoms with Crippen LogP contribution in [0.4, 0.5) is 0 Å². The van der Waals surface area contributed by atoms with Crippen molar-refractivity contribution >= 4 is 5.91 Å². The molecule has 4 nitrogen and oxygen atoms in total. The molecule has 0 radical (unpaired) electrons. The monoisotopic (exact) mass is 256 g/mol. The molecule has 0 saturated heterocycles. The molecule has 2 rings (SSSR count). The van der Waals surface area contributed by atoms with Gasteiger partial charge in [0.2, 0.25) is 0 Å². The summed E-state index contributed by atoms with van der Waals surface area (Å²) >= 11 is 0. The second-order valence-corrected chi connectivity index (χ2v) is 4.29. The summed E-state index contributed by atoms with van der Waals surface area (Å²) in [6.45, 7) is 1.88. The number of nitrogens with two attached hydrogens (primary N) is 2. The molecule has 0 saturated carbocycles. The average molecular weight is 256 g/mol. The first kappa shape index (κ1) is 13.1. The number of amides is 1. The lowest BCUT2D eigenvalue weighted by Crippen LogP contribution is -2.12. The normalized spacial score (nSPS) is 11.9. The Hall–Kier alpha value is -2.33. The third-order valence-electron chi connectivity index (χ3n) is 2.78. The molecule has 0 heterocycles. The van der Waals surface area contributed by atoms with E-state index >= 15 is 0 Å². The van der Waals surface area contributed by atoms with Gasteiger partial charge in [-0.1, -0.05) is 30.3 Å². The van der Waals surface area contributed by atoms with E-state index in [0.717, 1.165) is 5.56 Å². The molecule has 0 spiro atoms. The summed E-state index contributed by atoms with van der Waals surface area (Å²) < 4.78 is 5.78. The summed E-state index contributed by atoms with van der Waals surface area (Å²) in [6.07, 6.45) is 0. The van der Waals surface area contributed by atoms with Crippen LogP contribution in [0.1, 0.15) is 28.9 Å². The molecule has 0 unspecified atom stereocenters. The predicted molar refractivity (Wildman–Crippen MR) is 74.1 cm³/mol. The zero-order valence-electron chi connectivity index (χ0n) is 10.7. The number of hydrogen-bond acceptors (Lipinski definition) is 3. The molecule has 0 aliphatic rings. The van der Waals surface area contributed by atoms with E-state index in [1.54, 1.807) is 24.3 Å². The number of hydrogen-bond donors (Lipinski definition) is 2. The zero-order chi connectivity index (χ0) is 13.8. The van der Waals surface area contributed by atoms with Gasteiger partial charge in [0.1, 0.15) is 11.5 Å². The van der Waals surface area contributed by atoms with Crippen LogP contribution in [0.5, 0.6) is 11.5 Å². The highest BCUT2D eigenvalue weighted by Crippen LogP contribution is 2.30. The quantitative estimate of drug-likeness (QED) is 0.882. The predicted octanol–water partition coefficient (Wildman–Crippen LogP) is 2.60. The van der Waals surface area contributed by atoms with Crippen LogP contribution in [0, 0.1) is 0 Å². The van der Waals surface area contributed by atoms with Crippen LogP contribution in [0.15, 0.2) is 48.5 Å². The number of carbonyl (C=O) groups excluding carboxylic acids is 1. The smallest absolute Gasteiger partial charge is 0.252 e. The number of rotatable bonds is 4. The highest BCUT2D eigenvalue weighted by molar-refractivity contribution is 5.95. The van der Waals surface area contributed by atoms with Gasteiger partial charge in [0.05, 0.1) is 5.56 Å². The van der Waals surface area contributed by atoms with Gasteiger partial charge in [-0.25, -0.2) is 0 Å². The van der Waals surface area contributed by atoms with E-state index in [1.807, 2.05) is 31.2 Å². The van der Waals surface area contributed by atoms with Crippen LogP contribution >= 0.6 is 0 Å². The maximum Gasteiger partial charge on any atom is 0.252 e. The van der Waals surface area contributed by atoms with Gasteiger partial charge in [-0.05, 0) is 25.1 Å². The Labute approximate surface area is 112 Å². The fourth-order valence-corrected chi connectivity index (χ4v) is 1.83. The van der Waals surface area contributed by atoms with Gasteiger partial charge in [-0.15, -0.1) is 0 Å². The van der Waals surface area contributed by atoms with Gasteiger partial charge in [0, 0.05) is 11.6 Å². The van der Waals surface area contributed by atoms with Crippen LogP contribution < -0.4 is 16.2 Å². The molecule has 0 aliphatic carbocycles. The highest BCUT2D eigenvalue weighted by Gasteiger charge is 2.12. The van der Waals surface area contributed by atoms with E-state index in [9.17, 15) is 4.79 Å². The minimum atomic E-state index is -0.520. The molecule has 4 heteroatoms. The van der Waals surface area contributed by atoms with E-state index in [4.69, 9.17) is 16.2 Å². The van der Waals surface area contributed by atoms with Crippen molar-refractivity contribution in [2.45, 2.75) is 13.0 Å². The van der Waals surface area contributed by atoms with E-state index in [2.05, 4.69) is 0 Å². The van der Waals surface area contributed by atoms with Gasteiger partial charge in [-0.3, -0.25) is 4.79 Å². The minimum Gasteiger partial charge on any atom is -0.456 e. The summed E-state index contributed by atoms with van der Waals surface area (Å²) in [7, 11) is 0. The van der Waals surface area contributed by atoms with Crippen molar-refractivity contribution in [1.82, 2.24) is 0 Å². The van der Waals surface area contributed by atoms with Crippen molar-refractivity contribution in [1.29, 1.82) is 0 Å². The summed E-state index contributed by atoms with van der Waals surface area (Å²) in [5.74, 6) is 0.545. The topological polar surface area (TPSA) is 78.3 Å². The van der Waals surface area contributed by atoms with Crippen LogP contribution in [0.3, 0.4) is 0 Å². The molecule has 0 aliphatic heterocycles. The van der Waals surface area contributed by atoms with E-state index in [0.29, 0.717) is 17.1 Å². The lowest BCUT2D eigenvalue weighted by Gasteiger charge is -2.14. The second-order valence-electron chi connectivity index (χ2n) is 4.29. The maximum atomic E-state index is 11.3. The Bertz CT molecular complexity index is 594. The fraction of sp³-hybridized carbons (Fsp3) is 0.133. The molecule has 0 aromatic heterocycles. The number of primary amides is 1. The molecule has 2 aromatic carbocycles. The Kier molecular flexibility index (Phi) is 3.82. The van der Waals surface area contributed by atoms with Crippen molar-refractivity contribution < 1.29 is 9.53 Å². The molecule has 4 N–H and O–H groups in total. The van der Waals surface area contributed by atoms with Crippen LogP contribution in [0.2, 0.25) is 0 Å². The third-order valence-corrected chi connectivity index (χ3v) is 2.78. The summed E-state index contributed by atoms with van der Waals surface area (Å²) in [5, 5.41) is 0. The van der Waals surface area contributed by atoms with Crippen molar-refractivity contribution in [2.75, 3.05) is 0 Å². The second kappa shape index (κ2) is 5.54. The zero-order valence-corrected chi connectivity index (χ0v) is 10.7. The Morgan fingerprint density at radius 2 is 1.63 bits per heavy atom. The number of benzene rings is 2. The maximum absolute atomic E-state index is 11.3. The molecule has 2 aromatic rings. The summed E-state index contributed by atoms with van der Waals surface area (Å²) in [4.78, 5) is 11.3. The Morgan fingerprint density at radius 3 is 2.26 bits per heavy atom. The van der Waals surface area contributed by atoms with Crippen LogP contribution in [0.25, 0.3) is 0 Å². The van der Waals surface area contributed by atoms with Crippen molar-refractivity contribution in [3.63, 3.8) is 0 Å². The minimum absolute atomic E-state index is 0.156. The average Bonchev–Trinajstić information content (AvgIpc) is 2.39. The van der Waals surface area contributed by atoms with Crippen molar-refractivity contribution in [2.24, 2.45) is 11.5 Å². The standard InChI is InChI=1S/C15H16N2O2/c1-10(16)11-6-2-4-8-13(11)19-14-9-5-3-7-12(14)15(17)18/h2-10H,16H2,1H3,(H2,17,18)/t10-/m1/s1. The lowest BCUT2D eigenvalue weighted by molar-refractivity contribution is 0.0998. The number of ether oxygens (including phenoxy) is 1. The molecule has 98 valence electrons. The first-order valence-electron chi connectivity index (χ1n) is 6.01. The number of carbonyl (C=O) groups is 1. The van der Waals surface area contributed by atoms with Crippen molar-refractivity contribution in [3.8, 4) is 11.5 Å². The van der Waals surface area contributed by atoms with Crippen molar-refractivity contribution in [3.05, 3.63) is 59.7 Å². The molecule has 1 amide bonds. The van der Waals surface area contributed by atoms with Gasteiger partial charge in [-0.2, -0.15) is 0 Å². The molecule has 19 heavy (non-hydrogen) atoms. The molecule has 1 atom stereocenters. The molecular weight excluding hydrogens is 240 g/mol. The third kappa shape index (κ3) is 2.92.